The van der Waals surface area contributed by atoms with Crippen molar-refractivity contribution in [3.05, 3.63) is 63.4 Å². The van der Waals surface area contributed by atoms with Crippen LogP contribution in [0.2, 0.25) is 5.02 Å². The number of benzene rings is 1. The Morgan fingerprint density at radius 1 is 1.34 bits per heavy atom. The van der Waals surface area contributed by atoms with Crippen LogP contribution in [0.1, 0.15) is 39.2 Å². The maximum absolute atomic E-state index is 14.3. The number of nitrogens with zero attached hydrogens (tertiary/aromatic N) is 2. The molecule has 2 aliphatic rings. The Balaban J connectivity index is 1.67. The molecule has 0 radical (unpaired) electrons. The van der Waals surface area contributed by atoms with Gasteiger partial charge in [-0.3, -0.25) is 9.78 Å². The quantitative estimate of drug-likeness (QED) is 0.505. The number of rotatable bonds is 5. The maximum atomic E-state index is 14.3. The van der Waals surface area contributed by atoms with Crippen molar-refractivity contribution >= 4 is 23.4 Å². The highest BCUT2D eigenvalue weighted by Crippen LogP contribution is 2.56. The average molecular weight is 474 g/mol. The van der Waals surface area contributed by atoms with Gasteiger partial charge in [-0.1, -0.05) is 23.7 Å². The lowest BCUT2D eigenvalue weighted by molar-refractivity contribution is -0.137. The number of alkyl halides is 5. The van der Waals surface area contributed by atoms with Gasteiger partial charge >= 0.3 is 6.18 Å². The summed E-state index contributed by atoms with van der Waals surface area (Å²) < 4.78 is 72.3. The predicted octanol–water partition coefficient (Wildman–Crippen LogP) is 4.68. The first-order chi connectivity index (χ1) is 14.9. The van der Waals surface area contributed by atoms with Gasteiger partial charge in [-0.05, 0) is 36.6 Å². The Kier molecular flexibility index (Phi) is 5.39. The molecule has 2 N–H and O–H groups in total. The predicted molar refractivity (Wildman–Crippen MR) is 106 cm³/mol. The molecule has 0 spiro atoms. The van der Waals surface area contributed by atoms with E-state index >= 15 is 0 Å². The molecule has 0 bridgehead atoms. The van der Waals surface area contributed by atoms with Crippen molar-refractivity contribution in [3.63, 3.8) is 0 Å². The molecule has 32 heavy (non-hydrogen) atoms. The van der Waals surface area contributed by atoms with Crippen molar-refractivity contribution in [1.82, 2.24) is 4.98 Å². The van der Waals surface area contributed by atoms with E-state index in [0.717, 1.165) is 6.07 Å². The second kappa shape index (κ2) is 7.68. The summed E-state index contributed by atoms with van der Waals surface area (Å²) in [5.41, 5.74) is 2.95. The van der Waals surface area contributed by atoms with Crippen molar-refractivity contribution in [1.29, 1.82) is 0 Å². The van der Waals surface area contributed by atoms with Gasteiger partial charge in [-0.25, -0.2) is 13.8 Å². The van der Waals surface area contributed by atoms with Crippen LogP contribution < -0.4 is 5.73 Å². The number of halogens is 6. The molecule has 0 amide bonds. The number of aromatic nitrogens is 1. The topological polar surface area (TPSA) is 77.6 Å². The fourth-order valence-corrected chi connectivity index (χ4v) is 4.35. The lowest BCUT2D eigenvalue weighted by Crippen LogP contribution is -2.43. The monoisotopic (exact) mass is 473 g/mol. The normalized spacial score (nSPS) is 24.6. The molecule has 5 nitrogen and oxygen atoms in total. The summed E-state index contributed by atoms with van der Waals surface area (Å²) in [4.78, 5) is 20.3. The fourth-order valence-electron chi connectivity index (χ4n) is 4.08. The average Bonchev–Trinajstić information content (AvgIpc) is 3.47. The first kappa shape index (κ1) is 22.4. The van der Waals surface area contributed by atoms with Crippen molar-refractivity contribution < 1.29 is 31.5 Å². The standard InChI is InChI=1S/C21H17ClF5N3O2/c1-9-4-11(21(25,26)27)8-29-17(9)15(31)6-10-2-3-14(22)12(5-10)20(18(23)24)13-7-16(13)32-19(28)30-20/h2-5,8,13,16,18H,6-7H2,1H3,(H2,28,30)/t13-,16+,20+/m0/s1. The molecular formula is C21H17ClF5N3O2. The zero-order valence-electron chi connectivity index (χ0n) is 16.6. The molecule has 4 rings (SSSR count). The second-order valence-electron chi connectivity index (χ2n) is 7.88. The van der Waals surface area contributed by atoms with Crippen LogP contribution in [0, 0.1) is 12.8 Å². The number of nitrogens with two attached hydrogens (primary N) is 1. The number of carbonyl (C=O) groups excluding carboxylic acids is 1. The molecule has 170 valence electrons. The minimum atomic E-state index is -4.58. The molecule has 2 aromatic rings. The molecular weight excluding hydrogens is 457 g/mol. The van der Waals surface area contributed by atoms with Crippen LogP contribution in [0.3, 0.4) is 0 Å². The van der Waals surface area contributed by atoms with E-state index in [4.69, 9.17) is 22.1 Å². The van der Waals surface area contributed by atoms with E-state index in [-0.39, 0.29) is 34.3 Å². The summed E-state index contributed by atoms with van der Waals surface area (Å²) in [5, 5.41) is 0.0365. The van der Waals surface area contributed by atoms with Crippen molar-refractivity contribution in [3.8, 4) is 0 Å². The van der Waals surface area contributed by atoms with E-state index in [2.05, 4.69) is 9.98 Å². The number of ketones is 1. The third-order valence-electron chi connectivity index (χ3n) is 5.69. The molecule has 3 atom stereocenters. The summed E-state index contributed by atoms with van der Waals surface area (Å²) in [6, 6.07) is 4.72. The number of hydrogen-bond acceptors (Lipinski definition) is 5. The lowest BCUT2D eigenvalue weighted by atomic mass is 9.83. The minimum Gasteiger partial charge on any atom is -0.462 e. The number of hydrogen-bond donors (Lipinski definition) is 1. The zero-order chi connectivity index (χ0) is 23.4. The smallest absolute Gasteiger partial charge is 0.417 e. The molecule has 2 heterocycles. The molecule has 11 heteroatoms. The number of aliphatic imine (C=N–C) groups is 1. The molecule has 1 aliphatic heterocycles. The lowest BCUT2D eigenvalue weighted by Gasteiger charge is -2.33. The highest BCUT2D eigenvalue weighted by Gasteiger charge is 2.64. The summed E-state index contributed by atoms with van der Waals surface area (Å²) in [6.45, 7) is 1.35. The molecule has 1 aromatic carbocycles. The number of aryl methyl sites for hydroxylation is 1. The Morgan fingerprint density at radius 3 is 2.69 bits per heavy atom. The van der Waals surface area contributed by atoms with Crippen LogP contribution in [-0.4, -0.2) is 29.3 Å². The van der Waals surface area contributed by atoms with Gasteiger partial charge < -0.3 is 10.5 Å². The van der Waals surface area contributed by atoms with Crippen LogP contribution in [0.15, 0.2) is 35.5 Å². The Labute approximate surface area is 184 Å². The van der Waals surface area contributed by atoms with Crippen molar-refractivity contribution in [2.24, 2.45) is 16.6 Å². The van der Waals surface area contributed by atoms with Crippen LogP contribution in [-0.2, 0) is 22.9 Å². The third-order valence-corrected chi connectivity index (χ3v) is 6.02. The zero-order valence-corrected chi connectivity index (χ0v) is 17.3. The molecule has 1 aliphatic carbocycles. The number of ether oxygens (including phenoxy) is 1. The van der Waals surface area contributed by atoms with E-state index in [9.17, 15) is 26.7 Å². The van der Waals surface area contributed by atoms with E-state index in [0.29, 0.717) is 18.2 Å². The Bertz CT molecular complexity index is 1120. The number of amidine groups is 1. The molecule has 1 aromatic heterocycles. The van der Waals surface area contributed by atoms with Gasteiger partial charge in [0.05, 0.1) is 5.56 Å². The summed E-state index contributed by atoms with van der Waals surface area (Å²) in [6.07, 6.45) is -7.34. The van der Waals surface area contributed by atoms with Gasteiger partial charge in [0.25, 0.3) is 12.4 Å². The highest BCUT2D eigenvalue weighted by molar-refractivity contribution is 6.31. The number of fused-ring (bicyclic) bond motifs is 1. The van der Waals surface area contributed by atoms with Gasteiger partial charge in [-0.2, -0.15) is 13.2 Å². The summed E-state index contributed by atoms with van der Waals surface area (Å²) in [5.74, 6) is -1.17. The van der Waals surface area contributed by atoms with Gasteiger partial charge in [0.15, 0.2) is 11.3 Å². The van der Waals surface area contributed by atoms with Gasteiger partial charge in [0.1, 0.15) is 11.8 Å². The van der Waals surface area contributed by atoms with Crippen molar-refractivity contribution in [2.75, 3.05) is 0 Å². The highest BCUT2D eigenvalue weighted by atomic mass is 35.5. The molecule has 0 unspecified atom stereocenters. The van der Waals surface area contributed by atoms with Gasteiger partial charge in [-0.15, -0.1) is 0 Å². The summed E-state index contributed by atoms with van der Waals surface area (Å²) >= 11 is 6.25. The van der Waals surface area contributed by atoms with Crippen LogP contribution in [0.25, 0.3) is 0 Å². The second-order valence-corrected chi connectivity index (χ2v) is 8.28. The molecule has 0 saturated heterocycles. The van der Waals surface area contributed by atoms with Crippen LogP contribution >= 0.6 is 11.6 Å². The number of carbonyl (C=O) groups is 1. The first-order valence-corrected chi connectivity index (χ1v) is 9.97. The fraction of sp³-hybridized carbons (Fsp3) is 0.381. The van der Waals surface area contributed by atoms with Gasteiger partial charge in [0.2, 0.25) is 0 Å². The van der Waals surface area contributed by atoms with Crippen molar-refractivity contribution in [2.45, 2.75) is 44.0 Å². The Morgan fingerprint density at radius 2 is 2.06 bits per heavy atom. The minimum absolute atomic E-state index is 0.0234. The maximum Gasteiger partial charge on any atom is 0.417 e. The van der Waals surface area contributed by atoms with E-state index < -0.39 is 41.5 Å². The molecule has 1 saturated carbocycles. The van der Waals surface area contributed by atoms with E-state index in [1.54, 1.807) is 0 Å². The SMILES string of the molecule is Cc1cc(C(F)(F)F)cnc1C(=O)Cc1ccc(Cl)c([C@@]2(C(F)F)N=C(N)O[C@@H]3C[C@@H]32)c1. The van der Waals surface area contributed by atoms with Gasteiger partial charge in [0, 0.05) is 29.1 Å². The summed E-state index contributed by atoms with van der Waals surface area (Å²) in [7, 11) is 0. The first-order valence-electron chi connectivity index (χ1n) is 9.59. The number of pyridine rings is 1. The van der Waals surface area contributed by atoms with Crippen LogP contribution in [0.4, 0.5) is 22.0 Å². The Hall–Kier alpha value is -2.75. The largest absolute Gasteiger partial charge is 0.462 e. The molecule has 1 fully saturated rings. The van der Waals surface area contributed by atoms with Crippen LogP contribution in [0.5, 0.6) is 0 Å². The van der Waals surface area contributed by atoms with E-state index in [1.807, 2.05) is 0 Å². The third kappa shape index (κ3) is 3.80. The number of Topliss-reactive ketones (excluding diaryl/α,β-unsaturated/α-hetero) is 1. The van der Waals surface area contributed by atoms with E-state index in [1.165, 1.54) is 25.1 Å².